The van der Waals surface area contributed by atoms with Crippen molar-refractivity contribution in [3.63, 3.8) is 0 Å². The van der Waals surface area contributed by atoms with Crippen LogP contribution in [-0.4, -0.2) is 52.9 Å². The Morgan fingerprint density at radius 3 is 1.61 bits per heavy atom. The van der Waals surface area contributed by atoms with Crippen LogP contribution in [0.25, 0.3) is 0 Å². The molecule has 0 amide bonds. The Labute approximate surface area is 176 Å². The van der Waals surface area contributed by atoms with E-state index in [0.717, 1.165) is 32.3 Å². The van der Waals surface area contributed by atoms with Gasteiger partial charge in [0.05, 0.1) is 25.4 Å². The standard InChI is InChI=1S/C24H50O4/c1-9-15-17-24(19-25-7,18-16-10-2)21(26-8)22(28-14-6)23(11-3,12-4)20-27-13-5/h21-22H,9-20H2,1-8H3. The summed E-state index contributed by atoms with van der Waals surface area (Å²) in [5.74, 6) is 0. The molecule has 0 N–H and O–H groups in total. The third-order valence-electron chi connectivity index (χ3n) is 6.57. The molecule has 0 radical (unpaired) electrons. The number of hydrogen-bond acceptors (Lipinski definition) is 4. The number of unbranched alkanes of at least 4 members (excludes halogenated alkanes) is 2. The predicted molar refractivity (Wildman–Crippen MR) is 119 cm³/mol. The van der Waals surface area contributed by atoms with Gasteiger partial charge in [-0.15, -0.1) is 0 Å². The highest BCUT2D eigenvalue weighted by Gasteiger charge is 2.50. The highest BCUT2D eigenvalue weighted by atomic mass is 16.5. The van der Waals surface area contributed by atoms with Crippen LogP contribution < -0.4 is 0 Å². The molecule has 0 aliphatic rings. The zero-order valence-electron chi connectivity index (χ0n) is 20.3. The van der Waals surface area contributed by atoms with E-state index in [-0.39, 0.29) is 23.0 Å². The van der Waals surface area contributed by atoms with E-state index in [1.165, 1.54) is 25.7 Å². The minimum Gasteiger partial charge on any atom is -0.384 e. The first-order valence-corrected chi connectivity index (χ1v) is 11.7. The predicted octanol–water partition coefficient (Wildman–Crippen LogP) is 6.26. The van der Waals surface area contributed by atoms with E-state index in [2.05, 4.69) is 41.5 Å². The quantitative estimate of drug-likeness (QED) is 0.255. The van der Waals surface area contributed by atoms with Crippen molar-refractivity contribution in [2.45, 2.75) is 105 Å². The minimum absolute atomic E-state index is 0.00656. The molecule has 0 aliphatic heterocycles. The first-order chi connectivity index (χ1) is 13.5. The second-order valence-corrected chi connectivity index (χ2v) is 8.24. The van der Waals surface area contributed by atoms with E-state index in [0.29, 0.717) is 19.8 Å². The summed E-state index contributed by atoms with van der Waals surface area (Å²) in [7, 11) is 3.68. The van der Waals surface area contributed by atoms with Crippen molar-refractivity contribution in [2.75, 3.05) is 40.6 Å². The first-order valence-electron chi connectivity index (χ1n) is 11.7. The summed E-state index contributed by atoms with van der Waals surface area (Å²) in [4.78, 5) is 0. The van der Waals surface area contributed by atoms with Crippen LogP contribution in [0.15, 0.2) is 0 Å². The smallest absolute Gasteiger partial charge is 0.0920 e. The SMILES string of the molecule is CCCCC(CCCC)(COC)C(OC)C(OCC)C(CC)(CC)COCC. The van der Waals surface area contributed by atoms with Gasteiger partial charge in [0.1, 0.15) is 0 Å². The summed E-state index contributed by atoms with van der Waals surface area (Å²) in [5, 5.41) is 0. The van der Waals surface area contributed by atoms with Gasteiger partial charge in [0.15, 0.2) is 0 Å². The van der Waals surface area contributed by atoms with Gasteiger partial charge in [0, 0.05) is 38.3 Å². The molecular formula is C24H50O4. The normalized spacial score (nSPS) is 15.0. The summed E-state index contributed by atoms with van der Waals surface area (Å²) < 4.78 is 24.6. The van der Waals surface area contributed by atoms with Gasteiger partial charge in [-0.3, -0.25) is 0 Å². The Bertz CT molecular complexity index is 347. The van der Waals surface area contributed by atoms with E-state index in [9.17, 15) is 0 Å². The van der Waals surface area contributed by atoms with Crippen molar-refractivity contribution in [1.29, 1.82) is 0 Å². The Balaban J connectivity index is 6.19. The summed E-state index contributed by atoms with van der Waals surface area (Å²) >= 11 is 0. The topological polar surface area (TPSA) is 36.9 Å². The zero-order valence-corrected chi connectivity index (χ0v) is 20.3. The van der Waals surface area contributed by atoms with Crippen molar-refractivity contribution < 1.29 is 18.9 Å². The number of ether oxygens (including phenoxy) is 4. The molecule has 0 saturated heterocycles. The van der Waals surface area contributed by atoms with Crippen LogP contribution in [-0.2, 0) is 18.9 Å². The molecule has 0 rings (SSSR count). The largest absolute Gasteiger partial charge is 0.384 e. The molecule has 4 heteroatoms. The van der Waals surface area contributed by atoms with E-state index in [1.807, 2.05) is 14.2 Å². The van der Waals surface area contributed by atoms with Crippen LogP contribution in [0.4, 0.5) is 0 Å². The Morgan fingerprint density at radius 2 is 1.25 bits per heavy atom. The van der Waals surface area contributed by atoms with Crippen molar-refractivity contribution in [3.05, 3.63) is 0 Å². The van der Waals surface area contributed by atoms with Gasteiger partial charge in [-0.25, -0.2) is 0 Å². The van der Waals surface area contributed by atoms with Crippen molar-refractivity contribution >= 4 is 0 Å². The van der Waals surface area contributed by atoms with Crippen molar-refractivity contribution in [1.82, 2.24) is 0 Å². The lowest BCUT2D eigenvalue weighted by Gasteiger charge is -2.50. The lowest BCUT2D eigenvalue weighted by molar-refractivity contribution is -0.191. The van der Waals surface area contributed by atoms with Gasteiger partial charge in [-0.1, -0.05) is 53.4 Å². The molecule has 0 spiro atoms. The summed E-state index contributed by atoms with van der Waals surface area (Å²) in [5.41, 5.74) is -0.0821. The Hall–Kier alpha value is -0.160. The van der Waals surface area contributed by atoms with E-state index in [1.54, 1.807) is 0 Å². The summed E-state index contributed by atoms with van der Waals surface area (Å²) in [6, 6.07) is 0. The van der Waals surface area contributed by atoms with Gasteiger partial charge >= 0.3 is 0 Å². The molecule has 0 saturated carbocycles. The van der Waals surface area contributed by atoms with Crippen molar-refractivity contribution in [2.24, 2.45) is 10.8 Å². The molecule has 2 atom stereocenters. The average Bonchev–Trinajstić information content (AvgIpc) is 2.72. The highest BCUT2D eigenvalue weighted by molar-refractivity contribution is 4.99. The van der Waals surface area contributed by atoms with E-state index < -0.39 is 0 Å². The monoisotopic (exact) mass is 402 g/mol. The summed E-state index contributed by atoms with van der Waals surface area (Å²) in [6.45, 7) is 16.0. The molecule has 0 aromatic heterocycles. The average molecular weight is 403 g/mol. The van der Waals surface area contributed by atoms with Gasteiger partial charge in [0.2, 0.25) is 0 Å². The fourth-order valence-electron chi connectivity index (χ4n) is 4.68. The maximum absolute atomic E-state index is 6.49. The molecule has 0 aromatic rings. The lowest BCUT2D eigenvalue weighted by atomic mass is 9.65. The summed E-state index contributed by atoms with van der Waals surface area (Å²) in [6.07, 6.45) is 8.95. The number of hydrogen-bond donors (Lipinski definition) is 0. The second kappa shape index (κ2) is 15.6. The zero-order chi connectivity index (χ0) is 21.5. The molecule has 0 heterocycles. The van der Waals surface area contributed by atoms with Crippen LogP contribution in [0.1, 0.15) is 92.9 Å². The molecule has 170 valence electrons. The van der Waals surface area contributed by atoms with Gasteiger partial charge in [-0.2, -0.15) is 0 Å². The van der Waals surface area contributed by atoms with Gasteiger partial charge < -0.3 is 18.9 Å². The third kappa shape index (κ3) is 7.59. The fourth-order valence-corrected chi connectivity index (χ4v) is 4.68. The number of rotatable bonds is 19. The van der Waals surface area contributed by atoms with E-state index >= 15 is 0 Å². The number of methoxy groups -OCH3 is 2. The fraction of sp³-hybridized carbons (Fsp3) is 1.00. The molecule has 0 fully saturated rings. The maximum atomic E-state index is 6.49. The van der Waals surface area contributed by atoms with Gasteiger partial charge in [-0.05, 0) is 39.5 Å². The van der Waals surface area contributed by atoms with Crippen molar-refractivity contribution in [3.8, 4) is 0 Å². The maximum Gasteiger partial charge on any atom is 0.0920 e. The van der Waals surface area contributed by atoms with Crippen LogP contribution in [0, 0.1) is 10.8 Å². The van der Waals surface area contributed by atoms with Crippen LogP contribution in [0.5, 0.6) is 0 Å². The first kappa shape index (κ1) is 27.8. The van der Waals surface area contributed by atoms with Crippen LogP contribution in [0.3, 0.4) is 0 Å². The highest BCUT2D eigenvalue weighted by Crippen LogP contribution is 2.45. The molecule has 4 nitrogen and oxygen atoms in total. The second-order valence-electron chi connectivity index (χ2n) is 8.24. The van der Waals surface area contributed by atoms with Crippen LogP contribution in [0.2, 0.25) is 0 Å². The Kier molecular flexibility index (Phi) is 15.6. The van der Waals surface area contributed by atoms with Crippen LogP contribution >= 0.6 is 0 Å². The molecule has 0 aliphatic carbocycles. The molecule has 0 bridgehead atoms. The van der Waals surface area contributed by atoms with E-state index in [4.69, 9.17) is 18.9 Å². The lowest BCUT2D eigenvalue weighted by Crippen LogP contribution is -2.56. The molecular weight excluding hydrogens is 352 g/mol. The Morgan fingerprint density at radius 1 is 0.679 bits per heavy atom. The van der Waals surface area contributed by atoms with Gasteiger partial charge in [0.25, 0.3) is 0 Å². The third-order valence-corrected chi connectivity index (χ3v) is 6.57. The molecule has 2 unspecified atom stereocenters. The molecule has 0 aromatic carbocycles. The molecule has 28 heavy (non-hydrogen) atoms. The minimum atomic E-state index is -0.0515.